The van der Waals surface area contributed by atoms with Gasteiger partial charge in [0.05, 0.1) is 5.56 Å². The number of hydrogen-bond donors (Lipinski definition) is 3. The number of hydrogen-bond acceptors (Lipinski definition) is 4. The minimum atomic E-state index is -0.470. The maximum absolute atomic E-state index is 12.9. The first-order valence-electron chi connectivity index (χ1n) is 10.7. The van der Waals surface area contributed by atoms with Gasteiger partial charge in [-0.1, -0.05) is 57.2 Å². The third-order valence-electron chi connectivity index (χ3n) is 6.22. The quantitative estimate of drug-likeness (QED) is 0.460. The smallest absolute Gasteiger partial charge is 0.258 e. The van der Waals surface area contributed by atoms with Crippen molar-refractivity contribution in [3.63, 3.8) is 0 Å². The monoisotopic (exact) mass is 465 g/mol. The molecule has 0 radical (unpaired) electrons. The standard InChI is InChI=1S/C25H27N3O2S2/c1-25(2,3)15-11-12-18-19(13-15)32-23(20(18)21(26)29)28-24(31)27-22(30)17-10-6-8-14-7-4-5-9-16(14)17/h4-10,15H,11-13H2,1-3H3,(H2,26,29)(H2,27,28,30,31). The molecule has 0 saturated heterocycles. The van der Waals surface area contributed by atoms with Crippen LogP contribution in [0.15, 0.2) is 42.5 Å². The average Bonchev–Trinajstić information content (AvgIpc) is 3.09. The van der Waals surface area contributed by atoms with Crippen LogP contribution in [-0.4, -0.2) is 16.9 Å². The second-order valence-corrected chi connectivity index (χ2v) is 10.8. The van der Waals surface area contributed by atoms with E-state index in [1.165, 1.54) is 16.2 Å². The number of thiocarbonyl (C=S) groups is 1. The van der Waals surface area contributed by atoms with Crippen LogP contribution >= 0.6 is 23.6 Å². The molecule has 32 heavy (non-hydrogen) atoms. The number of nitrogens with one attached hydrogen (secondary N) is 2. The highest BCUT2D eigenvalue weighted by Crippen LogP contribution is 2.44. The van der Waals surface area contributed by atoms with Crippen molar-refractivity contribution >= 4 is 56.3 Å². The molecule has 0 saturated carbocycles. The zero-order valence-corrected chi connectivity index (χ0v) is 20.1. The number of nitrogens with two attached hydrogens (primary N) is 1. The van der Waals surface area contributed by atoms with Crippen LogP contribution in [0.5, 0.6) is 0 Å². The van der Waals surface area contributed by atoms with Gasteiger partial charge in [-0.25, -0.2) is 0 Å². The lowest BCUT2D eigenvalue weighted by Gasteiger charge is -2.33. The molecule has 0 spiro atoms. The van der Waals surface area contributed by atoms with Crippen LogP contribution in [0, 0.1) is 11.3 Å². The summed E-state index contributed by atoms with van der Waals surface area (Å²) in [5.74, 6) is -0.225. The molecule has 0 aliphatic heterocycles. The van der Waals surface area contributed by atoms with Crippen molar-refractivity contribution < 1.29 is 9.59 Å². The van der Waals surface area contributed by atoms with E-state index in [1.54, 1.807) is 6.07 Å². The highest BCUT2D eigenvalue weighted by Gasteiger charge is 2.33. The molecule has 1 aliphatic rings. The fourth-order valence-corrected chi connectivity index (χ4v) is 6.00. The predicted octanol–water partition coefficient (Wildman–Crippen LogP) is 5.28. The van der Waals surface area contributed by atoms with Gasteiger partial charge in [-0.05, 0) is 65.2 Å². The lowest BCUT2D eigenvalue weighted by Crippen LogP contribution is -2.34. The molecular formula is C25H27N3O2S2. The summed E-state index contributed by atoms with van der Waals surface area (Å²) < 4.78 is 0. The summed E-state index contributed by atoms with van der Waals surface area (Å²) >= 11 is 6.93. The number of amides is 2. The van der Waals surface area contributed by atoms with Gasteiger partial charge in [0.15, 0.2) is 5.11 Å². The van der Waals surface area contributed by atoms with Gasteiger partial charge in [-0.2, -0.15) is 0 Å². The Hall–Kier alpha value is -2.77. The van der Waals surface area contributed by atoms with Crippen LogP contribution in [0.3, 0.4) is 0 Å². The van der Waals surface area contributed by atoms with E-state index >= 15 is 0 Å². The van der Waals surface area contributed by atoms with Crippen molar-refractivity contribution in [1.82, 2.24) is 5.32 Å². The van der Waals surface area contributed by atoms with Crippen molar-refractivity contribution in [2.75, 3.05) is 5.32 Å². The fraction of sp³-hybridized carbons (Fsp3) is 0.320. The van der Waals surface area contributed by atoms with Crippen molar-refractivity contribution in [3.05, 3.63) is 64.0 Å². The SMILES string of the molecule is CC(C)(C)C1CCc2c(sc(NC(=S)NC(=O)c3cccc4ccccc34)c2C(N)=O)C1. The van der Waals surface area contributed by atoms with Crippen LogP contribution < -0.4 is 16.4 Å². The van der Waals surface area contributed by atoms with Gasteiger partial charge in [0.2, 0.25) is 0 Å². The van der Waals surface area contributed by atoms with E-state index in [0.29, 0.717) is 22.0 Å². The van der Waals surface area contributed by atoms with E-state index < -0.39 is 5.91 Å². The zero-order valence-electron chi connectivity index (χ0n) is 18.5. The molecule has 1 aliphatic carbocycles. The number of benzene rings is 2. The van der Waals surface area contributed by atoms with Gasteiger partial charge < -0.3 is 11.1 Å². The third kappa shape index (κ3) is 4.40. The molecular weight excluding hydrogens is 438 g/mol. The van der Waals surface area contributed by atoms with E-state index in [0.717, 1.165) is 35.6 Å². The second kappa shape index (κ2) is 8.64. The van der Waals surface area contributed by atoms with Gasteiger partial charge in [0, 0.05) is 10.4 Å². The maximum Gasteiger partial charge on any atom is 0.258 e. The molecule has 2 amide bonds. The highest BCUT2D eigenvalue weighted by atomic mass is 32.1. The second-order valence-electron chi connectivity index (χ2n) is 9.31. The molecule has 3 aromatic rings. The van der Waals surface area contributed by atoms with E-state index in [1.807, 2.05) is 36.4 Å². The van der Waals surface area contributed by atoms with Crippen molar-refractivity contribution in [1.29, 1.82) is 0 Å². The molecule has 4 N–H and O–H groups in total. The van der Waals surface area contributed by atoms with Crippen molar-refractivity contribution in [3.8, 4) is 0 Å². The first-order valence-corrected chi connectivity index (χ1v) is 11.9. The Morgan fingerprint density at radius 1 is 1.12 bits per heavy atom. The van der Waals surface area contributed by atoms with E-state index in [4.69, 9.17) is 18.0 Å². The van der Waals surface area contributed by atoms with E-state index in [2.05, 4.69) is 31.4 Å². The Bertz CT molecular complexity index is 1220. The third-order valence-corrected chi connectivity index (χ3v) is 7.60. The average molecular weight is 466 g/mol. The normalized spacial score (nSPS) is 15.8. The Morgan fingerprint density at radius 2 is 1.84 bits per heavy atom. The van der Waals surface area contributed by atoms with Gasteiger partial charge in [-0.3, -0.25) is 14.9 Å². The summed E-state index contributed by atoms with van der Waals surface area (Å²) in [5.41, 5.74) is 7.99. The number of anilines is 1. The van der Waals surface area contributed by atoms with E-state index in [-0.39, 0.29) is 16.4 Å². The molecule has 1 heterocycles. The summed E-state index contributed by atoms with van der Waals surface area (Å²) in [6.45, 7) is 6.76. The minimum absolute atomic E-state index is 0.149. The van der Waals surface area contributed by atoms with Crippen LogP contribution in [0.4, 0.5) is 5.00 Å². The summed E-state index contributed by atoms with van der Waals surface area (Å²) in [6, 6.07) is 13.3. The number of fused-ring (bicyclic) bond motifs is 2. The molecule has 1 unspecified atom stereocenters. The highest BCUT2D eigenvalue weighted by molar-refractivity contribution is 7.80. The van der Waals surface area contributed by atoms with Crippen LogP contribution in [0.25, 0.3) is 10.8 Å². The summed E-state index contributed by atoms with van der Waals surface area (Å²) in [6.07, 6.45) is 2.76. The Morgan fingerprint density at radius 3 is 2.56 bits per heavy atom. The van der Waals surface area contributed by atoms with Gasteiger partial charge in [-0.15, -0.1) is 11.3 Å². The largest absolute Gasteiger partial charge is 0.365 e. The predicted molar refractivity (Wildman–Crippen MR) is 135 cm³/mol. The first kappa shape index (κ1) is 22.4. The molecule has 4 rings (SSSR count). The van der Waals surface area contributed by atoms with Crippen LogP contribution in [0.1, 0.15) is 58.3 Å². The Labute approximate surface area is 197 Å². The molecule has 5 nitrogen and oxygen atoms in total. The number of carbonyl (C=O) groups is 2. The molecule has 0 fully saturated rings. The number of carbonyl (C=O) groups excluding carboxylic acids is 2. The summed E-state index contributed by atoms with van der Waals surface area (Å²) in [5, 5.41) is 8.42. The molecule has 7 heteroatoms. The topological polar surface area (TPSA) is 84.2 Å². The number of primary amides is 1. The van der Waals surface area contributed by atoms with Gasteiger partial charge in [0.1, 0.15) is 5.00 Å². The van der Waals surface area contributed by atoms with Crippen molar-refractivity contribution in [2.24, 2.45) is 17.1 Å². The molecule has 2 aromatic carbocycles. The number of rotatable bonds is 3. The number of thiophene rings is 1. The van der Waals surface area contributed by atoms with E-state index in [9.17, 15) is 9.59 Å². The first-order chi connectivity index (χ1) is 15.1. The van der Waals surface area contributed by atoms with Crippen molar-refractivity contribution in [2.45, 2.75) is 40.0 Å². The minimum Gasteiger partial charge on any atom is -0.365 e. The fourth-order valence-electron chi connectivity index (χ4n) is 4.40. The Kier molecular flexibility index (Phi) is 6.05. The molecule has 1 aromatic heterocycles. The lowest BCUT2D eigenvalue weighted by molar-refractivity contribution is 0.0977. The zero-order chi connectivity index (χ0) is 23.0. The van der Waals surface area contributed by atoms with Crippen LogP contribution in [-0.2, 0) is 12.8 Å². The molecule has 0 bridgehead atoms. The maximum atomic E-state index is 12.9. The summed E-state index contributed by atoms with van der Waals surface area (Å²) in [4.78, 5) is 26.3. The van der Waals surface area contributed by atoms with Gasteiger partial charge in [0.25, 0.3) is 11.8 Å². The molecule has 1 atom stereocenters. The Balaban J connectivity index is 1.55. The molecule has 166 valence electrons. The van der Waals surface area contributed by atoms with Crippen LogP contribution in [0.2, 0.25) is 0 Å². The lowest BCUT2D eigenvalue weighted by atomic mass is 9.72. The summed E-state index contributed by atoms with van der Waals surface area (Å²) in [7, 11) is 0. The van der Waals surface area contributed by atoms with Gasteiger partial charge >= 0.3 is 0 Å².